The molecule has 0 aliphatic heterocycles. The number of aryl methyl sites for hydroxylation is 2. The Bertz CT molecular complexity index is 470. The Morgan fingerprint density at radius 2 is 2.06 bits per heavy atom. The summed E-state index contributed by atoms with van der Waals surface area (Å²) in [7, 11) is 0. The zero-order valence-electron chi connectivity index (χ0n) is 9.14. The summed E-state index contributed by atoms with van der Waals surface area (Å²) in [5.41, 5.74) is 4.68. The molecule has 0 unspecified atom stereocenters. The standard InChI is InChI=1S/C11H12N4S/c1-8-6-9(2)14-11(13-8)15-12-7-10-4-3-5-16-10/h3-7H,1-2H3,(H,13,14,15)/b12-7-. The first-order valence-corrected chi connectivity index (χ1v) is 5.77. The van der Waals surface area contributed by atoms with Gasteiger partial charge in [0.25, 0.3) is 0 Å². The minimum Gasteiger partial charge on any atom is -0.245 e. The lowest BCUT2D eigenvalue weighted by Crippen LogP contribution is -1.99. The minimum absolute atomic E-state index is 0.533. The highest BCUT2D eigenvalue weighted by Crippen LogP contribution is 2.06. The van der Waals surface area contributed by atoms with Gasteiger partial charge in [-0.2, -0.15) is 5.10 Å². The van der Waals surface area contributed by atoms with Crippen LogP contribution in [0.25, 0.3) is 0 Å². The zero-order chi connectivity index (χ0) is 11.4. The normalized spacial score (nSPS) is 10.9. The molecule has 82 valence electrons. The lowest BCUT2D eigenvalue weighted by molar-refractivity contribution is 1.04. The first-order valence-electron chi connectivity index (χ1n) is 4.89. The van der Waals surface area contributed by atoms with Crippen LogP contribution < -0.4 is 5.43 Å². The summed E-state index contributed by atoms with van der Waals surface area (Å²) in [4.78, 5) is 9.53. The first-order chi connectivity index (χ1) is 7.74. The van der Waals surface area contributed by atoms with Gasteiger partial charge in [0.05, 0.1) is 6.21 Å². The number of hydrogen-bond acceptors (Lipinski definition) is 5. The van der Waals surface area contributed by atoms with Gasteiger partial charge in [-0.1, -0.05) is 6.07 Å². The van der Waals surface area contributed by atoms with E-state index in [0.717, 1.165) is 16.3 Å². The molecule has 0 amide bonds. The zero-order valence-corrected chi connectivity index (χ0v) is 9.95. The van der Waals surface area contributed by atoms with Crippen LogP contribution in [0.4, 0.5) is 5.95 Å². The van der Waals surface area contributed by atoms with Gasteiger partial charge >= 0.3 is 0 Å². The predicted molar refractivity (Wildman–Crippen MR) is 67.0 cm³/mol. The van der Waals surface area contributed by atoms with Crippen LogP contribution in [0.2, 0.25) is 0 Å². The van der Waals surface area contributed by atoms with E-state index in [1.165, 1.54) is 0 Å². The van der Waals surface area contributed by atoms with Gasteiger partial charge in [-0.05, 0) is 31.4 Å². The average molecular weight is 232 g/mol. The molecule has 0 fully saturated rings. The summed E-state index contributed by atoms with van der Waals surface area (Å²) < 4.78 is 0. The molecule has 0 saturated heterocycles. The van der Waals surface area contributed by atoms with Crippen LogP contribution in [0.1, 0.15) is 16.3 Å². The molecule has 16 heavy (non-hydrogen) atoms. The number of anilines is 1. The fraction of sp³-hybridized carbons (Fsp3) is 0.182. The summed E-state index contributed by atoms with van der Waals surface area (Å²) in [6, 6.07) is 5.91. The van der Waals surface area contributed by atoms with Crippen molar-refractivity contribution in [2.45, 2.75) is 13.8 Å². The Balaban J connectivity index is 2.04. The molecule has 2 aromatic rings. The molecule has 0 aromatic carbocycles. The van der Waals surface area contributed by atoms with Crippen LogP contribution in [0, 0.1) is 13.8 Å². The summed E-state index contributed by atoms with van der Waals surface area (Å²) in [5, 5.41) is 6.09. The maximum Gasteiger partial charge on any atom is 0.243 e. The maximum absolute atomic E-state index is 4.22. The number of nitrogens with one attached hydrogen (secondary N) is 1. The van der Waals surface area contributed by atoms with E-state index < -0.39 is 0 Å². The van der Waals surface area contributed by atoms with Gasteiger partial charge in [-0.3, -0.25) is 0 Å². The first kappa shape index (κ1) is 10.8. The van der Waals surface area contributed by atoms with Crippen LogP contribution in [0.5, 0.6) is 0 Å². The molecule has 0 bridgehead atoms. The van der Waals surface area contributed by atoms with Crippen LogP contribution in [-0.4, -0.2) is 16.2 Å². The molecule has 0 atom stereocenters. The SMILES string of the molecule is Cc1cc(C)nc(N/N=C\c2cccs2)n1. The lowest BCUT2D eigenvalue weighted by Gasteiger charge is -2.00. The van der Waals surface area contributed by atoms with Gasteiger partial charge in [0, 0.05) is 16.3 Å². The number of hydrazone groups is 1. The van der Waals surface area contributed by atoms with Gasteiger partial charge in [-0.25, -0.2) is 15.4 Å². The summed E-state index contributed by atoms with van der Waals surface area (Å²) in [5.74, 6) is 0.533. The fourth-order valence-corrected chi connectivity index (χ4v) is 1.88. The van der Waals surface area contributed by atoms with E-state index in [9.17, 15) is 0 Å². The van der Waals surface area contributed by atoms with Crippen LogP contribution in [0.15, 0.2) is 28.7 Å². The molecule has 4 nitrogen and oxygen atoms in total. The molecule has 2 aromatic heterocycles. The topological polar surface area (TPSA) is 50.2 Å². The lowest BCUT2D eigenvalue weighted by atomic mass is 10.4. The molecule has 2 heterocycles. The van der Waals surface area contributed by atoms with Crippen molar-refractivity contribution in [3.63, 3.8) is 0 Å². The largest absolute Gasteiger partial charge is 0.245 e. The third-order valence-corrected chi connectivity index (χ3v) is 2.69. The Morgan fingerprint density at radius 3 is 2.69 bits per heavy atom. The highest BCUT2D eigenvalue weighted by Gasteiger charge is 1.96. The van der Waals surface area contributed by atoms with Gasteiger partial charge in [0.1, 0.15) is 0 Å². The van der Waals surface area contributed by atoms with E-state index >= 15 is 0 Å². The number of rotatable bonds is 3. The second-order valence-corrected chi connectivity index (χ2v) is 4.34. The van der Waals surface area contributed by atoms with E-state index in [2.05, 4.69) is 20.5 Å². The Kier molecular flexibility index (Phi) is 3.26. The van der Waals surface area contributed by atoms with E-state index in [-0.39, 0.29) is 0 Å². The molecule has 0 aliphatic carbocycles. The van der Waals surface area contributed by atoms with Crippen molar-refractivity contribution in [3.05, 3.63) is 39.8 Å². The molecule has 1 N–H and O–H groups in total. The minimum atomic E-state index is 0.533. The number of hydrogen-bond donors (Lipinski definition) is 1. The molecular weight excluding hydrogens is 220 g/mol. The fourth-order valence-electron chi connectivity index (χ4n) is 1.29. The van der Waals surface area contributed by atoms with Gasteiger partial charge in [0.15, 0.2) is 0 Å². The van der Waals surface area contributed by atoms with Crippen molar-refractivity contribution in [1.29, 1.82) is 0 Å². The third-order valence-electron chi connectivity index (χ3n) is 1.88. The predicted octanol–water partition coefficient (Wildman–Crippen LogP) is 2.60. The van der Waals surface area contributed by atoms with E-state index in [0.29, 0.717) is 5.95 Å². The third kappa shape index (κ3) is 2.87. The Morgan fingerprint density at radius 1 is 1.31 bits per heavy atom. The quantitative estimate of drug-likeness (QED) is 0.653. The van der Waals surface area contributed by atoms with Crippen molar-refractivity contribution in [2.75, 3.05) is 5.43 Å². The number of thiophene rings is 1. The maximum atomic E-state index is 4.22. The molecule has 5 heteroatoms. The van der Waals surface area contributed by atoms with Crippen LogP contribution in [-0.2, 0) is 0 Å². The molecule has 2 rings (SSSR count). The van der Waals surface area contributed by atoms with E-state index in [4.69, 9.17) is 0 Å². The summed E-state index contributed by atoms with van der Waals surface area (Å²) in [6.07, 6.45) is 1.76. The average Bonchev–Trinajstić information content (AvgIpc) is 2.69. The van der Waals surface area contributed by atoms with Crippen molar-refractivity contribution in [3.8, 4) is 0 Å². The van der Waals surface area contributed by atoms with Crippen LogP contribution >= 0.6 is 11.3 Å². The van der Waals surface area contributed by atoms with E-state index in [1.54, 1.807) is 17.6 Å². The molecule has 0 saturated carbocycles. The van der Waals surface area contributed by atoms with Gasteiger partial charge in [0.2, 0.25) is 5.95 Å². The van der Waals surface area contributed by atoms with Crippen LogP contribution in [0.3, 0.4) is 0 Å². The van der Waals surface area contributed by atoms with Crippen molar-refractivity contribution in [2.24, 2.45) is 5.10 Å². The van der Waals surface area contributed by atoms with Crippen molar-refractivity contribution < 1.29 is 0 Å². The Labute approximate surface area is 98.1 Å². The van der Waals surface area contributed by atoms with Crippen molar-refractivity contribution >= 4 is 23.5 Å². The molecule has 0 radical (unpaired) electrons. The number of aromatic nitrogens is 2. The summed E-state index contributed by atoms with van der Waals surface area (Å²) >= 11 is 1.63. The molecule has 0 aliphatic rings. The Hall–Kier alpha value is -1.75. The molecule has 0 spiro atoms. The molecular formula is C11H12N4S. The summed E-state index contributed by atoms with van der Waals surface area (Å²) in [6.45, 7) is 3.87. The smallest absolute Gasteiger partial charge is 0.243 e. The second kappa shape index (κ2) is 4.85. The van der Waals surface area contributed by atoms with Gasteiger partial charge in [-0.15, -0.1) is 11.3 Å². The number of nitrogens with zero attached hydrogens (tertiary/aromatic N) is 3. The monoisotopic (exact) mass is 232 g/mol. The van der Waals surface area contributed by atoms with Crippen molar-refractivity contribution in [1.82, 2.24) is 9.97 Å². The highest BCUT2D eigenvalue weighted by molar-refractivity contribution is 7.11. The van der Waals surface area contributed by atoms with Gasteiger partial charge < -0.3 is 0 Å². The van der Waals surface area contributed by atoms with E-state index in [1.807, 2.05) is 37.4 Å². The highest BCUT2D eigenvalue weighted by atomic mass is 32.1. The second-order valence-electron chi connectivity index (χ2n) is 3.36.